The molecule has 1 aliphatic rings. The Kier molecular flexibility index (Phi) is 2.56. The van der Waals surface area contributed by atoms with Gasteiger partial charge in [-0.2, -0.15) is 0 Å². The number of hydrogen-bond acceptors (Lipinski definition) is 4. The Morgan fingerprint density at radius 1 is 1.50 bits per heavy atom. The van der Waals surface area contributed by atoms with Crippen LogP contribution in [0.1, 0.15) is 0 Å². The van der Waals surface area contributed by atoms with Crippen LogP contribution in [0.2, 0.25) is 0 Å². The first-order valence-electron chi connectivity index (χ1n) is 3.16. The largest absolute Gasteiger partial charge is 0.389 e. The molecular formula is C5H11FN2O2. The van der Waals surface area contributed by atoms with E-state index in [0.29, 0.717) is 0 Å². The van der Waals surface area contributed by atoms with Crippen molar-refractivity contribution in [3.8, 4) is 0 Å². The van der Waals surface area contributed by atoms with Gasteiger partial charge in [0.25, 0.3) is 0 Å². The van der Waals surface area contributed by atoms with Gasteiger partial charge in [-0.3, -0.25) is 5.43 Å². The number of β-amino-alcohol motifs (C(OH)–C–C–N with tert-alkyl or cyclic N) is 1. The molecule has 1 aliphatic heterocycles. The predicted molar refractivity (Wildman–Crippen MR) is 32.9 cm³/mol. The van der Waals surface area contributed by atoms with E-state index in [-0.39, 0.29) is 6.54 Å². The third-order valence-electron chi connectivity index (χ3n) is 1.57. The van der Waals surface area contributed by atoms with Crippen molar-refractivity contribution < 1.29 is 14.6 Å². The number of aliphatic hydroxyl groups is 2. The van der Waals surface area contributed by atoms with Crippen LogP contribution in [-0.4, -0.2) is 41.7 Å². The molecule has 0 bridgehead atoms. The number of halogens is 1. The minimum absolute atomic E-state index is 0.248. The van der Waals surface area contributed by atoms with Gasteiger partial charge in [0.2, 0.25) is 0 Å². The predicted octanol–water partition coefficient (Wildman–Crippen LogP) is -1.85. The fraction of sp³-hybridized carbons (Fsp3) is 1.00. The van der Waals surface area contributed by atoms with Crippen molar-refractivity contribution in [2.24, 2.45) is 0 Å². The van der Waals surface area contributed by atoms with E-state index in [4.69, 9.17) is 10.2 Å². The van der Waals surface area contributed by atoms with Crippen LogP contribution in [0.3, 0.4) is 0 Å². The highest BCUT2D eigenvalue weighted by Gasteiger charge is 2.29. The Balaban J connectivity index is 2.42. The molecule has 1 saturated heterocycles. The summed E-state index contributed by atoms with van der Waals surface area (Å²) in [5.41, 5.74) is 5.08. The maximum absolute atomic E-state index is 11.9. The van der Waals surface area contributed by atoms with E-state index < -0.39 is 24.9 Å². The van der Waals surface area contributed by atoms with E-state index in [2.05, 4.69) is 10.9 Å². The summed E-state index contributed by atoms with van der Waals surface area (Å²) in [6.45, 7) is -0.442. The highest BCUT2D eigenvalue weighted by atomic mass is 19.1. The van der Waals surface area contributed by atoms with Crippen LogP contribution < -0.4 is 10.9 Å². The van der Waals surface area contributed by atoms with Crippen molar-refractivity contribution in [2.45, 2.75) is 18.2 Å². The van der Waals surface area contributed by atoms with Crippen molar-refractivity contribution in [3.63, 3.8) is 0 Å². The number of aliphatic hydroxyl groups excluding tert-OH is 2. The van der Waals surface area contributed by atoms with E-state index in [0.717, 1.165) is 0 Å². The van der Waals surface area contributed by atoms with Gasteiger partial charge in [-0.05, 0) is 0 Å². The van der Waals surface area contributed by atoms with Gasteiger partial charge in [0, 0.05) is 6.54 Å². The highest BCUT2D eigenvalue weighted by molar-refractivity contribution is 4.84. The second kappa shape index (κ2) is 3.25. The molecule has 0 amide bonds. The molecule has 0 radical (unpaired) electrons. The maximum Gasteiger partial charge on any atom is 0.109 e. The Labute approximate surface area is 58.0 Å². The first kappa shape index (κ1) is 7.87. The number of hydrogen-bond donors (Lipinski definition) is 4. The van der Waals surface area contributed by atoms with Gasteiger partial charge in [-0.1, -0.05) is 0 Å². The maximum atomic E-state index is 11.9. The van der Waals surface area contributed by atoms with Crippen molar-refractivity contribution in [1.82, 2.24) is 10.9 Å². The summed E-state index contributed by atoms with van der Waals surface area (Å²) in [6, 6.07) is -0.691. The standard InChI is InChI=1S/C5H11FN2O2/c6-1-3-5(10)4(9)2-7-8-3/h3-5,7-10H,1-2H2. The molecule has 1 heterocycles. The zero-order valence-corrected chi connectivity index (χ0v) is 5.42. The summed E-state index contributed by atoms with van der Waals surface area (Å²) in [5.74, 6) is 0. The monoisotopic (exact) mass is 150 g/mol. The van der Waals surface area contributed by atoms with Crippen LogP contribution in [0, 0.1) is 0 Å². The fourth-order valence-corrected chi connectivity index (χ4v) is 0.899. The lowest BCUT2D eigenvalue weighted by atomic mass is 10.1. The molecule has 10 heavy (non-hydrogen) atoms. The third kappa shape index (κ3) is 1.43. The molecule has 3 atom stereocenters. The second-order valence-corrected chi connectivity index (χ2v) is 2.34. The fourth-order valence-electron chi connectivity index (χ4n) is 0.899. The molecule has 60 valence electrons. The SMILES string of the molecule is OC1CNNC(CF)C1O. The third-order valence-corrected chi connectivity index (χ3v) is 1.57. The molecule has 0 aromatic heterocycles. The Morgan fingerprint density at radius 2 is 2.20 bits per heavy atom. The van der Waals surface area contributed by atoms with Gasteiger partial charge in [-0.15, -0.1) is 0 Å². The average molecular weight is 150 g/mol. The van der Waals surface area contributed by atoms with Gasteiger partial charge >= 0.3 is 0 Å². The van der Waals surface area contributed by atoms with Gasteiger partial charge in [-0.25, -0.2) is 9.82 Å². The zero-order chi connectivity index (χ0) is 7.56. The summed E-state index contributed by atoms with van der Waals surface area (Å²) < 4.78 is 11.9. The summed E-state index contributed by atoms with van der Waals surface area (Å²) in [6.07, 6.45) is -1.88. The second-order valence-electron chi connectivity index (χ2n) is 2.34. The van der Waals surface area contributed by atoms with Crippen LogP contribution in [0.15, 0.2) is 0 Å². The lowest BCUT2D eigenvalue weighted by molar-refractivity contribution is -0.0359. The molecule has 4 nitrogen and oxygen atoms in total. The van der Waals surface area contributed by atoms with Crippen molar-refractivity contribution in [1.29, 1.82) is 0 Å². The van der Waals surface area contributed by atoms with Crippen LogP contribution in [0.5, 0.6) is 0 Å². The number of nitrogens with one attached hydrogen (secondary N) is 2. The molecule has 1 fully saturated rings. The van der Waals surface area contributed by atoms with E-state index in [1.54, 1.807) is 0 Å². The van der Waals surface area contributed by atoms with E-state index in [1.165, 1.54) is 0 Å². The van der Waals surface area contributed by atoms with E-state index in [1.807, 2.05) is 0 Å². The lowest BCUT2D eigenvalue weighted by Gasteiger charge is -2.31. The average Bonchev–Trinajstić information content (AvgIpc) is 1.95. The molecule has 1 rings (SSSR count). The normalized spacial score (nSPS) is 41.7. The van der Waals surface area contributed by atoms with Gasteiger partial charge in [0.1, 0.15) is 12.8 Å². The molecule has 0 saturated carbocycles. The topological polar surface area (TPSA) is 64.5 Å². The van der Waals surface area contributed by atoms with Crippen LogP contribution >= 0.6 is 0 Å². The molecule has 0 aromatic rings. The molecular weight excluding hydrogens is 139 g/mol. The quantitative estimate of drug-likeness (QED) is 0.354. The summed E-state index contributed by atoms with van der Waals surface area (Å²) >= 11 is 0. The lowest BCUT2D eigenvalue weighted by Crippen LogP contribution is -2.61. The molecule has 3 unspecified atom stereocenters. The van der Waals surface area contributed by atoms with Crippen LogP contribution in [0.4, 0.5) is 4.39 Å². The van der Waals surface area contributed by atoms with Crippen molar-refractivity contribution >= 4 is 0 Å². The van der Waals surface area contributed by atoms with E-state index in [9.17, 15) is 4.39 Å². The number of rotatable bonds is 1. The number of hydrazine groups is 1. The highest BCUT2D eigenvalue weighted by Crippen LogP contribution is 2.03. The first-order chi connectivity index (χ1) is 4.75. The minimum atomic E-state index is -1.01. The van der Waals surface area contributed by atoms with Gasteiger partial charge < -0.3 is 10.2 Å². The molecule has 4 N–H and O–H groups in total. The smallest absolute Gasteiger partial charge is 0.109 e. The first-order valence-corrected chi connectivity index (χ1v) is 3.16. The molecule has 0 aromatic carbocycles. The van der Waals surface area contributed by atoms with Crippen LogP contribution in [0.25, 0.3) is 0 Å². The summed E-state index contributed by atoms with van der Waals surface area (Å²) in [5, 5.41) is 18.0. The van der Waals surface area contributed by atoms with Crippen molar-refractivity contribution in [2.75, 3.05) is 13.2 Å². The Hall–Kier alpha value is -0.230. The van der Waals surface area contributed by atoms with Gasteiger partial charge in [0.15, 0.2) is 0 Å². The molecule has 0 aliphatic carbocycles. The molecule has 5 heteroatoms. The Morgan fingerprint density at radius 3 is 2.70 bits per heavy atom. The Bertz CT molecular complexity index is 114. The summed E-state index contributed by atoms with van der Waals surface area (Å²) in [4.78, 5) is 0. The van der Waals surface area contributed by atoms with E-state index >= 15 is 0 Å². The van der Waals surface area contributed by atoms with Gasteiger partial charge in [0.05, 0.1) is 12.1 Å². The zero-order valence-electron chi connectivity index (χ0n) is 5.42. The summed E-state index contributed by atoms with van der Waals surface area (Å²) in [7, 11) is 0. The van der Waals surface area contributed by atoms with Crippen molar-refractivity contribution in [3.05, 3.63) is 0 Å². The van der Waals surface area contributed by atoms with Crippen LogP contribution in [-0.2, 0) is 0 Å². The minimum Gasteiger partial charge on any atom is -0.389 e. The number of alkyl halides is 1. The molecule has 0 spiro atoms.